The number of nitrogens with zero attached hydrogens (tertiary/aromatic N) is 1. The molecule has 1 aliphatic heterocycles. The van der Waals surface area contributed by atoms with Crippen molar-refractivity contribution in [2.75, 3.05) is 32.1 Å². The molecule has 1 amide bonds. The van der Waals surface area contributed by atoms with Crippen LogP contribution >= 0.6 is 15.9 Å². The summed E-state index contributed by atoms with van der Waals surface area (Å²) in [4.78, 5) is 14.5. The highest BCUT2D eigenvalue weighted by Gasteiger charge is 2.29. The number of hydrogen-bond donors (Lipinski definition) is 2. The van der Waals surface area contributed by atoms with Gasteiger partial charge in [0.25, 0.3) is 0 Å². The van der Waals surface area contributed by atoms with Gasteiger partial charge in [0.2, 0.25) is 5.91 Å². The molecule has 0 unspecified atom stereocenters. The minimum Gasteiger partial charge on any atom is -0.378 e. The van der Waals surface area contributed by atoms with Crippen LogP contribution < -0.4 is 15.5 Å². The molecule has 2 atom stereocenters. The Labute approximate surface area is 157 Å². The average molecular weight is 402 g/mol. The van der Waals surface area contributed by atoms with Crippen LogP contribution in [0.2, 0.25) is 0 Å². The molecule has 1 saturated heterocycles. The van der Waals surface area contributed by atoms with E-state index in [1.54, 1.807) is 0 Å². The molecule has 132 valence electrons. The maximum atomic E-state index is 12.5. The van der Waals surface area contributed by atoms with Crippen molar-refractivity contribution in [2.24, 2.45) is 0 Å². The van der Waals surface area contributed by atoms with Crippen molar-refractivity contribution in [3.63, 3.8) is 0 Å². The van der Waals surface area contributed by atoms with Crippen molar-refractivity contribution in [3.8, 4) is 0 Å². The predicted octanol–water partition coefficient (Wildman–Crippen LogP) is 2.93. The van der Waals surface area contributed by atoms with E-state index >= 15 is 0 Å². The van der Waals surface area contributed by atoms with Crippen molar-refractivity contribution >= 4 is 27.5 Å². The van der Waals surface area contributed by atoms with E-state index < -0.39 is 0 Å². The van der Waals surface area contributed by atoms with Gasteiger partial charge in [-0.1, -0.05) is 40.2 Å². The highest BCUT2D eigenvalue weighted by Crippen LogP contribution is 2.24. The lowest BCUT2D eigenvalue weighted by Gasteiger charge is -2.20. The molecular weight excluding hydrogens is 378 g/mol. The van der Waals surface area contributed by atoms with Crippen molar-refractivity contribution in [3.05, 3.63) is 64.1 Å². The standard InChI is InChI=1S/C20H24BrN3O/c1-24(2)17-9-3-14(4-10-17)11-20(25)23-19-13-22-12-18(19)15-5-7-16(21)8-6-15/h3-10,18-19,22H,11-13H2,1-2H3,(H,23,25)/t18-,19+/m0/s1. The number of halogens is 1. The van der Waals surface area contributed by atoms with Crippen LogP contribution in [0.25, 0.3) is 0 Å². The van der Waals surface area contributed by atoms with Gasteiger partial charge in [-0.05, 0) is 35.4 Å². The molecule has 2 aromatic rings. The first kappa shape index (κ1) is 18.0. The Morgan fingerprint density at radius 3 is 2.44 bits per heavy atom. The Morgan fingerprint density at radius 2 is 1.80 bits per heavy atom. The fourth-order valence-electron chi connectivity index (χ4n) is 3.25. The third-order valence-electron chi connectivity index (χ3n) is 4.68. The van der Waals surface area contributed by atoms with Gasteiger partial charge in [-0.15, -0.1) is 0 Å². The number of hydrogen-bond acceptors (Lipinski definition) is 3. The van der Waals surface area contributed by atoms with Gasteiger partial charge in [0.15, 0.2) is 0 Å². The second-order valence-electron chi connectivity index (χ2n) is 6.73. The molecule has 0 aromatic heterocycles. The lowest BCUT2D eigenvalue weighted by Crippen LogP contribution is -2.40. The Morgan fingerprint density at radius 1 is 1.12 bits per heavy atom. The first-order valence-corrected chi connectivity index (χ1v) is 9.34. The first-order chi connectivity index (χ1) is 12.0. The van der Waals surface area contributed by atoms with Crippen LogP contribution in [-0.4, -0.2) is 39.1 Å². The van der Waals surface area contributed by atoms with Crippen LogP contribution in [0.3, 0.4) is 0 Å². The van der Waals surface area contributed by atoms with Gasteiger partial charge in [0, 0.05) is 49.3 Å². The van der Waals surface area contributed by atoms with Crippen molar-refractivity contribution in [1.29, 1.82) is 0 Å². The van der Waals surface area contributed by atoms with E-state index in [4.69, 9.17) is 0 Å². The normalized spacial score (nSPS) is 19.6. The molecule has 0 saturated carbocycles. The molecule has 4 nitrogen and oxygen atoms in total. The molecule has 25 heavy (non-hydrogen) atoms. The highest BCUT2D eigenvalue weighted by molar-refractivity contribution is 9.10. The molecule has 2 N–H and O–H groups in total. The fraction of sp³-hybridized carbons (Fsp3) is 0.350. The van der Waals surface area contributed by atoms with E-state index in [1.165, 1.54) is 5.56 Å². The van der Waals surface area contributed by atoms with Crippen LogP contribution in [0, 0.1) is 0 Å². The van der Waals surface area contributed by atoms with E-state index in [1.807, 2.05) is 38.4 Å². The number of rotatable bonds is 5. The van der Waals surface area contributed by atoms with Crippen molar-refractivity contribution in [1.82, 2.24) is 10.6 Å². The van der Waals surface area contributed by atoms with Gasteiger partial charge in [-0.2, -0.15) is 0 Å². The zero-order valence-electron chi connectivity index (χ0n) is 14.6. The Balaban J connectivity index is 1.60. The monoisotopic (exact) mass is 401 g/mol. The molecule has 3 rings (SSSR count). The summed E-state index contributed by atoms with van der Waals surface area (Å²) in [6.45, 7) is 1.70. The average Bonchev–Trinajstić information content (AvgIpc) is 3.04. The molecule has 0 spiro atoms. The maximum absolute atomic E-state index is 12.5. The lowest BCUT2D eigenvalue weighted by molar-refractivity contribution is -0.121. The van der Waals surface area contributed by atoms with Crippen LogP contribution in [0.4, 0.5) is 5.69 Å². The zero-order chi connectivity index (χ0) is 17.8. The quantitative estimate of drug-likeness (QED) is 0.809. The minimum atomic E-state index is 0.0772. The summed E-state index contributed by atoms with van der Waals surface area (Å²) in [6, 6.07) is 16.6. The van der Waals surface area contributed by atoms with E-state index in [0.29, 0.717) is 12.3 Å². The Bertz CT molecular complexity index is 713. The molecule has 5 heteroatoms. The van der Waals surface area contributed by atoms with Crippen molar-refractivity contribution in [2.45, 2.75) is 18.4 Å². The third kappa shape index (κ3) is 4.61. The van der Waals surface area contributed by atoms with Gasteiger partial charge in [-0.3, -0.25) is 4.79 Å². The highest BCUT2D eigenvalue weighted by atomic mass is 79.9. The molecule has 0 bridgehead atoms. The van der Waals surface area contributed by atoms with Gasteiger partial charge < -0.3 is 15.5 Å². The van der Waals surface area contributed by atoms with Crippen LogP contribution in [0.15, 0.2) is 53.0 Å². The summed E-state index contributed by atoms with van der Waals surface area (Å²) < 4.78 is 1.07. The summed E-state index contributed by atoms with van der Waals surface area (Å²) in [5, 5.41) is 6.60. The number of carbonyl (C=O) groups is 1. The van der Waals surface area contributed by atoms with Gasteiger partial charge in [0.05, 0.1) is 6.42 Å². The van der Waals surface area contributed by atoms with Crippen LogP contribution in [-0.2, 0) is 11.2 Å². The smallest absolute Gasteiger partial charge is 0.224 e. The van der Waals surface area contributed by atoms with E-state index in [0.717, 1.165) is 28.8 Å². The number of benzene rings is 2. The predicted molar refractivity (Wildman–Crippen MR) is 106 cm³/mol. The van der Waals surface area contributed by atoms with Crippen molar-refractivity contribution < 1.29 is 4.79 Å². The second kappa shape index (κ2) is 8.02. The van der Waals surface area contributed by atoms with Gasteiger partial charge >= 0.3 is 0 Å². The van der Waals surface area contributed by atoms with E-state index in [-0.39, 0.29) is 11.9 Å². The number of nitrogens with one attached hydrogen (secondary N) is 2. The van der Waals surface area contributed by atoms with E-state index in [9.17, 15) is 4.79 Å². The lowest BCUT2D eigenvalue weighted by atomic mass is 9.94. The Kier molecular flexibility index (Phi) is 5.76. The molecule has 0 aliphatic carbocycles. The molecule has 2 aromatic carbocycles. The summed E-state index contributed by atoms with van der Waals surface area (Å²) in [5.74, 6) is 0.390. The molecular formula is C20H24BrN3O. The molecule has 1 aliphatic rings. The first-order valence-electron chi connectivity index (χ1n) is 8.55. The topological polar surface area (TPSA) is 44.4 Å². The van der Waals surface area contributed by atoms with Crippen LogP contribution in [0.1, 0.15) is 17.0 Å². The van der Waals surface area contributed by atoms with E-state index in [2.05, 4.69) is 55.7 Å². The summed E-state index contributed by atoms with van der Waals surface area (Å²) in [5.41, 5.74) is 3.43. The summed E-state index contributed by atoms with van der Waals surface area (Å²) >= 11 is 3.47. The van der Waals surface area contributed by atoms with Gasteiger partial charge in [0.1, 0.15) is 0 Å². The number of anilines is 1. The third-order valence-corrected chi connectivity index (χ3v) is 5.20. The molecule has 1 heterocycles. The van der Waals surface area contributed by atoms with Crippen LogP contribution in [0.5, 0.6) is 0 Å². The summed E-state index contributed by atoms with van der Waals surface area (Å²) in [7, 11) is 4.02. The number of amides is 1. The SMILES string of the molecule is CN(C)c1ccc(CC(=O)N[C@@H]2CNC[C@H]2c2ccc(Br)cc2)cc1. The maximum Gasteiger partial charge on any atom is 0.224 e. The zero-order valence-corrected chi connectivity index (χ0v) is 16.2. The second-order valence-corrected chi connectivity index (χ2v) is 7.64. The fourth-order valence-corrected chi connectivity index (χ4v) is 3.51. The molecule has 0 radical (unpaired) electrons. The number of carbonyl (C=O) groups excluding carboxylic acids is 1. The Hall–Kier alpha value is -1.85. The minimum absolute atomic E-state index is 0.0772. The molecule has 1 fully saturated rings. The summed E-state index contributed by atoms with van der Waals surface area (Å²) in [6.07, 6.45) is 0.414. The largest absolute Gasteiger partial charge is 0.378 e. The van der Waals surface area contributed by atoms with Gasteiger partial charge in [-0.25, -0.2) is 0 Å².